The first-order valence-corrected chi connectivity index (χ1v) is 23.7. The molecule has 0 aliphatic heterocycles. The van der Waals surface area contributed by atoms with E-state index in [4.69, 9.17) is 18.5 Å². The van der Waals surface area contributed by atoms with E-state index in [9.17, 15) is 19.0 Å². The van der Waals surface area contributed by atoms with Gasteiger partial charge in [-0.15, -0.1) is 0 Å². The van der Waals surface area contributed by atoms with Crippen LogP contribution in [-0.2, 0) is 32.7 Å². The zero-order chi connectivity index (χ0) is 40.7. The Hall–Kier alpha value is -1.77. The van der Waals surface area contributed by atoms with Gasteiger partial charge in [0.2, 0.25) is 0 Å². The fourth-order valence-electron chi connectivity index (χ4n) is 5.90. The number of phosphoric ester groups is 1. The zero-order valence-corrected chi connectivity index (χ0v) is 37.1. The molecule has 55 heavy (non-hydrogen) atoms. The second kappa shape index (κ2) is 37.8. The van der Waals surface area contributed by atoms with Gasteiger partial charge in [-0.1, -0.05) is 159 Å². The number of nitrogens with zero attached hydrogens (tertiary/aromatic N) is 1. The van der Waals surface area contributed by atoms with E-state index in [-0.39, 0.29) is 32.0 Å². The maximum Gasteiger partial charge on any atom is 0.472 e. The molecule has 0 aromatic rings. The Morgan fingerprint density at radius 2 is 0.982 bits per heavy atom. The maximum absolute atomic E-state index is 12.7. The minimum absolute atomic E-state index is 0.0286. The number of phosphoric acid groups is 1. The monoisotopic (exact) mass is 799 g/mol. The highest BCUT2D eigenvalue weighted by Crippen LogP contribution is 2.43. The molecule has 0 aromatic carbocycles. The van der Waals surface area contributed by atoms with Crippen LogP contribution in [0, 0.1) is 0 Å². The molecule has 0 amide bonds. The normalized spacial score (nSPS) is 13.9. The van der Waals surface area contributed by atoms with Crippen molar-refractivity contribution in [2.75, 3.05) is 47.5 Å². The maximum atomic E-state index is 12.7. The van der Waals surface area contributed by atoms with Gasteiger partial charge >= 0.3 is 19.8 Å². The molecule has 0 bridgehead atoms. The van der Waals surface area contributed by atoms with Gasteiger partial charge in [0.15, 0.2) is 6.10 Å². The molecule has 0 aliphatic rings. The summed E-state index contributed by atoms with van der Waals surface area (Å²) in [5.74, 6) is -0.820. The molecule has 0 aromatic heterocycles. The van der Waals surface area contributed by atoms with Crippen molar-refractivity contribution in [3.8, 4) is 0 Å². The Kier molecular flexibility index (Phi) is 36.6. The second-order valence-electron chi connectivity index (χ2n) is 16.1. The third-order valence-corrected chi connectivity index (χ3v) is 10.4. The molecule has 0 heterocycles. The third kappa shape index (κ3) is 41.7. The number of unbranched alkanes of at least 4 members (excludes halogenated alkanes) is 20. The summed E-state index contributed by atoms with van der Waals surface area (Å²) in [4.78, 5) is 35.3. The summed E-state index contributed by atoms with van der Waals surface area (Å²) < 4.78 is 34.3. The standard InChI is InChI=1S/C45H84NO8P/c1-6-8-10-12-14-16-18-20-22-23-24-26-27-29-31-33-35-37-44(47)51-41-43(42-53-55(49,50)52-40-39-46(3,4)5)54-45(48)38-36-34-32-30-28-25-21-19-17-15-13-11-9-7-2/h14,16,20,22,24,26,43H,6-13,15,17-19,21,23,25,27-42H2,1-5H3/p+1/b16-14-,22-20-,26-24-/t43-/m1/s1. The highest BCUT2D eigenvalue weighted by Gasteiger charge is 2.27. The van der Waals surface area contributed by atoms with E-state index in [1.807, 2.05) is 21.1 Å². The van der Waals surface area contributed by atoms with Crippen LogP contribution in [-0.4, -0.2) is 74.9 Å². The summed E-state index contributed by atoms with van der Waals surface area (Å²) in [5, 5.41) is 0. The van der Waals surface area contributed by atoms with Gasteiger partial charge in [-0.05, 0) is 51.4 Å². The minimum atomic E-state index is -4.38. The van der Waals surface area contributed by atoms with Crippen molar-refractivity contribution in [3.63, 3.8) is 0 Å². The molecule has 0 aliphatic carbocycles. The van der Waals surface area contributed by atoms with E-state index in [0.29, 0.717) is 23.9 Å². The van der Waals surface area contributed by atoms with Crippen molar-refractivity contribution >= 4 is 19.8 Å². The van der Waals surface area contributed by atoms with Crippen LogP contribution in [0.1, 0.15) is 187 Å². The average Bonchev–Trinajstić information content (AvgIpc) is 3.13. The Balaban J connectivity index is 4.39. The smallest absolute Gasteiger partial charge is 0.462 e. The minimum Gasteiger partial charge on any atom is -0.462 e. The fraction of sp³-hybridized carbons (Fsp3) is 0.822. The van der Waals surface area contributed by atoms with Gasteiger partial charge in [0.05, 0.1) is 27.7 Å². The van der Waals surface area contributed by atoms with Gasteiger partial charge in [-0.25, -0.2) is 4.57 Å². The van der Waals surface area contributed by atoms with E-state index in [0.717, 1.165) is 51.4 Å². The van der Waals surface area contributed by atoms with Crippen LogP contribution in [0.3, 0.4) is 0 Å². The van der Waals surface area contributed by atoms with E-state index >= 15 is 0 Å². The van der Waals surface area contributed by atoms with Crippen molar-refractivity contribution in [1.82, 2.24) is 0 Å². The average molecular weight is 799 g/mol. The third-order valence-electron chi connectivity index (χ3n) is 9.42. The van der Waals surface area contributed by atoms with Crippen molar-refractivity contribution in [2.24, 2.45) is 0 Å². The summed E-state index contributed by atoms with van der Waals surface area (Å²) in [5.41, 5.74) is 0. The predicted octanol–water partition coefficient (Wildman–Crippen LogP) is 12.5. The Morgan fingerprint density at radius 1 is 0.564 bits per heavy atom. The van der Waals surface area contributed by atoms with Gasteiger partial charge in [0.1, 0.15) is 19.8 Å². The van der Waals surface area contributed by atoms with E-state index in [2.05, 4.69) is 50.3 Å². The van der Waals surface area contributed by atoms with E-state index in [1.54, 1.807) is 0 Å². The highest BCUT2D eigenvalue weighted by atomic mass is 31.2. The zero-order valence-electron chi connectivity index (χ0n) is 36.2. The molecule has 2 atom stereocenters. The quantitative estimate of drug-likeness (QED) is 0.0215. The molecule has 1 unspecified atom stereocenters. The molecule has 0 saturated carbocycles. The first kappa shape index (κ1) is 53.2. The molecule has 322 valence electrons. The van der Waals surface area contributed by atoms with Crippen molar-refractivity contribution < 1.29 is 42.1 Å². The molecule has 1 N–H and O–H groups in total. The van der Waals surface area contributed by atoms with Crippen LogP contribution in [0.15, 0.2) is 36.5 Å². The van der Waals surface area contributed by atoms with Crippen LogP contribution in [0.5, 0.6) is 0 Å². The molecule has 0 spiro atoms. The van der Waals surface area contributed by atoms with E-state index < -0.39 is 26.5 Å². The fourth-order valence-corrected chi connectivity index (χ4v) is 6.64. The molecule has 0 saturated heterocycles. The van der Waals surface area contributed by atoms with Crippen LogP contribution >= 0.6 is 7.82 Å². The molecule has 10 heteroatoms. The number of esters is 2. The van der Waals surface area contributed by atoms with Gasteiger partial charge in [0.25, 0.3) is 0 Å². The van der Waals surface area contributed by atoms with Crippen LogP contribution in [0.4, 0.5) is 0 Å². The lowest BCUT2D eigenvalue weighted by molar-refractivity contribution is -0.870. The molecule has 0 fully saturated rings. The van der Waals surface area contributed by atoms with Crippen molar-refractivity contribution in [2.45, 2.75) is 193 Å². The van der Waals surface area contributed by atoms with Gasteiger partial charge < -0.3 is 18.9 Å². The number of ether oxygens (including phenoxy) is 2. The first-order valence-electron chi connectivity index (χ1n) is 22.2. The number of allylic oxidation sites excluding steroid dienone is 6. The van der Waals surface area contributed by atoms with Crippen molar-refractivity contribution in [3.05, 3.63) is 36.5 Å². The lowest BCUT2D eigenvalue weighted by atomic mass is 10.0. The lowest BCUT2D eigenvalue weighted by Gasteiger charge is -2.24. The SMILES string of the molecule is CCCCC/C=C\C/C=C\C/C=C\CCCCCCC(=O)OC[C@H](COP(=O)(O)OCC[N+](C)(C)C)OC(=O)CCCCCCCCCCCCCCCC. The number of hydrogen-bond donors (Lipinski definition) is 1. The number of rotatable bonds is 40. The lowest BCUT2D eigenvalue weighted by Crippen LogP contribution is -2.37. The van der Waals surface area contributed by atoms with Crippen LogP contribution < -0.4 is 0 Å². The van der Waals surface area contributed by atoms with Crippen LogP contribution in [0.25, 0.3) is 0 Å². The second-order valence-corrected chi connectivity index (χ2v) is 17.5. The highest BCUT2D eigenvalue weighted by molar-refractivity contribution is 7.47. The summed E-state index contributed by atoms with van der Waals surface area (Å²) in [6, 6.07) is 0. The number of carbonyl (C=O) groups excluding carboxylic acids is 2. The molecular weight excluding hydrogens is 713 g/mol. The Morgan fingerprint density at radius 3 is 1.49 bits per heavy atom. The van der Waals surface area contributed by atoms with Crippen molar-refractivity contribution in [1.29, 1.82) is 0 Å². The van der Waals surface area contributed by atoms with Gasteiger partial charge in [-0.2, -0.15) is 0 Å². The van der Waals surface area contributed by atoms with Gasteiger partial charge in [0, 0.05) is 12.8 Å². The molecule has 0 rings (SSSR count). The molecule has 9 nitrogen and oxygen atoms in total. The Bertz CT molecular complexity index is 1040. The Labute approximate surface area is 338 Å². The van der Waals surface area contributed by atoms with E-state index in [1.165, 1.54) is 96.3 Å². The largest absolute Gasteiger partial charge is 0.472 e. The summed E-state index contributed by atoms with van der Waals surface area (Å²) in [6.45, 7) is 4.37. The number of likely N-dealkylation sites (N-methyl/N-ethyl adjacent to an activating group) is 1. The molecule has 0 radical (unpaired) electrons. The summed E-state index contributed by atoms with van der Waals surface area (Å²) in [6.07, 6.45) is 41.8. The summed E-state index contributed by atoms with van der Waals surface area (Å²) >= 11 is 0. The number of carbonyl (C=O) groups is 2. The topological polar surface area (TPSA) is 108 Å². The molecular formula is C45H85NO8P+. The number of hydrogen-bond acceptors (Lipinski definition) is 7. The van der Waals surface area contributed by atoms with Crippen LogP contribution in [0.2, 0.25) is 0 Å². The summed E-state index contributed by atoms with van der Waals surface area (Å²) in [7, 11) is 1.47. The van der Waals surface area contributed by atoms with Gasteiger partial charge in [-0.3, -0.25) is 18.6 Å². The first-order chi connectivity index (χ1) is 26.5. The predicted molar refractivity (Wildman–Crippen MR) is 229 cm³/mol. The number of quaternary nitrogens is 1.